The van der Waals surface area contributed by atoms with Gasteiger partial charge in [0, 0.05) is 11.1 Å². The lowest BCUT2D eigenvalue weighted by molar-refractivity contribution is -0.115. The van der Waals surface area contributed by atoms with Crippen molar-refractivity contribution in [3.63, 3.8) is 0 Å². The minimum atomic E-state index is -0.438. The minimum absolute atomic E-state index is 0.116. The number of fused-ring (bicyclic) bond motifs is 1. The Morgan fingerprint density at radius 3 is 2.54 bits per heavy atom. The zero-order valence-electron chi connectivity index (χ0n) is 14.5. The number of rotatable bonds is 4. The highest BCUT2D eigenvalue weighted by atomic mass is 35.5. The van der Waals surface area contributed by atoms with E-state index >= 15 is 0 Å². The van der Waals surface area contributed by atoms with E-state index in [1.54, 1.807) is 18.2 Å². The first-order valence-electron chi connectivity index (χ1n) is 8.14. The first-order chi connectivity index (χ1) is 12.4. The predicted molar refractivity (Wildman–Crippen MR) is 104 cm³/mol. The smallest absolute Gasteiger partial charge is 0.254 e. The number of aryl methyl sites for hydroxylation is 2. The molecule has 1 heterocycles. The number of amides is 2. The Kier molecular flexibility index (Phi) is 5.19. The van der Waals surface area contributed by atoms with Crippen molar-refractivity contribution in [2.45, 2.75) is 13.8 Å². The number of anilines is 1. The summed E-state index contributed by atoms with van der Waals surface area (Å²) in [7, 11) is 0. The van der Waals surface area contributed by atoms with Crippen LogP contribution in [0.3, 0.4) is 0 Å². The number of hydrogen-bond acceptors (Lipinski definition) is 3. The third-order valence-electron chi connectivity index (χ3n) is 3.92. The fourth-order valence-corrected chi connectivity index (χ4v) is 3.00. The summed E-state index contributed by atoms with van der Waals surface area (Å²) in [5.74, 6) is -0.757. The number of hydrogen-bond donors (Lipinski definition) is 2. The quantitative estimate of drug-likeness (QED) is 0.687. The third kappa shape index (κ3) is 4.00. The second-order valence-corrected chi connectivity index (χ2v) is 6.44. The molecule has 1 aromatic heterocycles. The van der Waals surface area contributed by atoms with Gasteiger partial charge in [-0.05, 0) is 43.7 Å². The number of carbonyl (C=O) groups excluding carboxylic acids is 2. The summed E-state index contributed by atoms with van der Waals surface area (Å²) < 4.78 is 0. The van der Waals surface area contributed by atoms with E-state index < -0.39 is 5.91 Å². The molecule has 26 heavy (non-hydrogen) atoms. The summed E-state index contributed by atoms with van der Waals surface area (Å²) in [4.78, 5) is 28.7. The number of benzene rings is 2. The molecule has 3 aromatic rings. The van der Waals surface area contributed by atoms with Crippen LogP contribution in [0.4, 0.5) is 5.69 Å². The lowest BCUT2D eigenvalue weighted by Gasteiger charge is -2.10. The van der Waals surface area contributed by atoms with Gasteiger partial charge in [0.2, 0.25) is 5.91 Å². The van der Waals surface area contributed by atoms with Crippen LogP contribution in [0.15, 0.2) is 48.5 Å². The van der Waals surface area contributed by atoms with E-state index in [-0.39, 0.29) is 23.2 Å². The first kappa shape index (κ1) is 17.9. The molecular formula is C20H18ClN3O2. The van der Waals surface area contributed by atoms with Crippen molar-refractivity contribution in [2.75, 3.05) is 11.9 Å². The summed E-state index contributed by atoms with van der Waals surface area (Å²) in [6.45, 7) is 3.77. The number of halogens is 1. The van der Waals surface area contributed by atoms with Gasteiger partial charge in [-0.15, -0.1) is 0 Å². The fourth-order valence-electron chi connectivity index (χ4n) is 2.77. The second kappa shape index (κ2) is 7.54. The Labute approximate surface area is 156 Å². The van der Waals surface area contributed by atoms with Crippen molar-refractivity contribution >= 4 is 40.0 Å². The molecule has 0 saturated heterocycles. The molecule has 0 aliphatic carbocycles. The Balaban J connectivity index is 1.73. The largest absolute Gasteiger partial charge is 0.343 e. The van der Waals surface area contributed by atoms with Gasteiger partial charge in [0.15, 0.2) is 0 Å². The number of carbonyl (C=O) groups is 2. The van der Waals surface area contributed by atoms with E-state index in [0.29, 0.717) is 5.69 Å². The third-order valence-corrected chi connectivity index (χ3v) is 4.21. The topological polar surface area (TPSA) is 71.1 Å². The highest BCUT2D eigenvalue weighted by Crippen LogP contribution is 2.24. The lowest BCUT2D eigenvalue weighted by atomic mass is 10.1. The fraction of sp³-hybridized carbons (Fsp3) is 0.150. The lowest BCUT2D eigenvalue weighted by Crippen LogP contribution is -2.33. The van der Waals surface area contributed by atoms with Crippen molar-refractivity contribution in [2.24, 2.45) is 0 Å². The Morgan fingerprint density at radius 1 is 1.08 bits per heavy atom. The van der Waals surface area contributed by atoms with Crippen LogP contribution in [0, 0.1) is 13.8 Å². The van der Waals surface area contributed by atoms with Crippen molar-refractivity contribution in [3.05, 3.63) is 70.4 Å². The zero-order chi connectivity index (χ0) is 18.7. The number of pyridine rings is 1. The molecule has 2 N–H and O–H groups in total. The van der Waals surface area contributed by atoms with Crippen LogP contribution in [-0.4, -0.2) is 23.3 Å². The SMILES string of the molecule is Cc1cc(C)c2nc(Cl)c(C(=O)NCC(=O)Nc3ccccc3)cc2c1. The van der Waals surface area contributed by atoms with E-state index in [1.807, 2.05) is 44.2 Å². The first-order valence-corrected chi connectivity index (χ1v) is 8.52. The van der Waals surface area contributed by atoms with Crippen molar-refractivity contribution in [1.29, 1.82) is 0 Å². The van der Waals surface area contributed by atoms with Crippen molar-refractivity contribution < 1.29 is 9.59 Å². The van der Waals surface area contributed by atoms with E-state index in [0.717, 1.165) is 22.0 Å². The summed E-state index contributed by atoms with van der Waals surface area (Å²) in [6.07, 6.45) is 0. The molecule has 0 spiro atoms. The summed E-state index contributed by atoms with van der Waals surface area (Å²) in [6, 6.07) is 14.7. The maximum absolute atomic E-state index is 12.4. The predicted octanol–water partition coefficient (Wildman–Crippen LogP) is 3.87. The molecule has 0 saturated carbocycles. The van der Waals surface area contributed by atoms with Crippen LogP contribution < -0.4 is 10.6 Å². The van der Waals surface area contributed by atoms with Crippen LogP contribution in [0.5, 0.6) is 0 Å². The van der Waals surface area contributed by atoms with Gasteiger partial charge in [-0.2, -0.15) is 0 Å². The number of aromatic nitrogens is 1. The number of nitrogens with one attached hydrogen (secondary N) is 2. The molecule has 3 rings (SSSR count). The standard InChI is InChI=1S/C20H18ClN3O2/c1-12-8-13(2)18-14(9-12)10-16(19(21)24-18)20(26)22-11-17(25)23-15-6-4-3-5-7-15/h3-10H,11H2,1-2H3,(H,22,26)(H,23,25). The van der Waals surface area contributed by atoms with Gasteiger partial charge in [-0.3, -0.25) is 9.59 Å². The molecule has 132 valence electrons. The molecule has 2 aromatic carbocycles. The van der Waals surface area contributed by atoms with Gasteiger partial charge in [0.25, 0.3) is 5.91 Å². The molecule has 0 fully saturated rings. The zero-order valence-corrected chi connectivity index (χ0v) is 15.2. The monoisotopic (exact) mass is 367 g/mol. The Morgan fingerprint density at radius 2 is 1.81 bits per heavy atom. The van der Waals surface area contributed by atoms with Crippen LogP contribution in [0.2, 0.25) is 5.15 Å². The molecule has 2 amide bonds. The van der Waals surface area contributed by atoms with E-state index in [4.69, 9.17) is 11.6 Å². The summed E-state index contributed by atoms with van der Waals surface area (Å²) >= 11 is 6.18. The van der Waals surface area contributed by atoms with Crippen LogP contribution in [0.25, 0.3) is 10.9 Å². The van der Waals surface area contributed by atoms with Crippen molar-refractivity contribution in [1.82, 2.24) is 10.3 Å². The van der Waals surface area contributed by atoms with Crippen LogP contribution in [0.1, 0.15) is 21.5 Å². The van der Waals surface area contributed by atoms with Crippen molar-refractivity contribution in [3.8, 4) is 0 Å². The average molecular weight is 368 g/mol. The van der Waals surface area contributed by atoms with Crippen LogP contribution >= 0.6 is 11.6 Å². The molecule has 5 nitrogen and oxygen atoms in total. The molecule has 0 aliphatic rings. The van der Waals surface area contributed by atoms with Gasteiger partial charge in [0.1, 0.15) is 5.15 Å². The Bertz CT molecular complexity index is 987. The van der Waals surface area contributed by atoms with Crippen LogP contribution in [-0.2, 0) is 4.79 Å². The summed E-state index contributed by atoms with van der Waals surface area (Å²) in [5, 5.41) is 6.24. The molecular weight excluding hydrogens is 350 g/mol. The second-order valence-electron chi connectivity index (χ2n) is 6.08. The molecule has 0 atom stereocenters. The van der Waals surface area contributed by atoms with E-state index in [9.17, 15) is 9.59 Å². The number of para-hydroxylation sites is 1. The minimum Gasteiger partial charge on any atom is -0.343 e. The molecule has 0 aliphatic heterocycles. The number of nitrogens with zero attached hydrogens (tertiary/aromatic N) is 1. The molecule has 0 bridgehead atoms. The molecule has 6 heteroatoms. The summed E-state index contributed by atoms with van der Waals surface area (Å²) in [5.41, 5.74) is 3.75. The molecule has 0 unspecified atom stereocenters. The van der Waals surface area contributed by atoms with Gasteiger partial charge in [-0.25, -0.2) is 4.98 Å². The average Bonchev–Trinajstić information content (AvgIpc) is 2.61. The van der Waals surface area contributed by atoms with Gasteiger partial charge in [0.05, 0.1) is 17.6 Å². The maximum Gasteiger partial charge on any atom is 0.254 e. The maximum atomic E-state index is 12.4. The van der Waals surface area contributed by atoms with E-state index in [2.05, 4.69) is 15.6 Å². The highest BCUT2D eigenvalue weighted by molar-refractivity contribution is 6.33. The van der Waals surface area contributed by atoms with Gasteiger partial charge >= 0.3 is 0 Å². The molecule has 0 radical (unpaired) electrons. The normalized spacial score (nSPS) is 10.6. The van der Waals surface area contributed by atoms with Gasteiger partial charge in [-0.1, -0.05) is 41.4 Å². The Hall–Kier alpha value is -2.92. The van der Waals surface area contributed by atoms with E-state index in [1.165, 1.54) is 0 Å². The highest BCUT2D eigenvalue weighted by Gasteiger charge is 2.15. The van der Waals surface area contributed by atoms with Gasteiger partial charge < -0.3 is 10.6 Å².